The Balaban J connectivity index is 1.31. The van der Waals surface area contributed by atoms with Crippen molar-refractivity contribution >= 4 is 5.82 Å². The Kier molecular flexibility index (Phi) is 4.02. The lowest BCUT2D eigenvalue weighted by atomic mass is 10.1. The molecule has 7 nitrogen and oxygen atoms in total. The van der Waals surface area contributed by atoms with Gasteiger partial charge < -0.3 is 9.47 Å². The maximum atomic E-state index is 11.7. The second-order valence-electron chi connectivity index (χ2n) is 6.68. The fraction of sp³-hybridized carbons (Fsp3) is 0.529. The van der Waals surface area contributed by atoms with Crippen LogP contribution in [0.4, 0.5) is 5.82 Å². The van der Waals surface area contributed by atoms with Gasteiger partial charge in [0.25, 0.3) is 5.56 Å². The third kappa shape index (κ3) is 2.91. The minimum Gasteiger partial charge on any atom is -0.352 e. The van der Waals surface area contributed by atoms with E-state index >= 15 is 0 Å². The van der Waals surface area contributed by atoms with Crippen LogP contribution >= 0.6 is 0 Å². The molecule has 0 amide bonds. The van der Waals surface area contributed by atoms with Crippen LogP contribution in [-0.4, -0.2) is 57.4 Å². The van der Waals surface area contributed by atoms with E-state index < -0.39 is 0 Å². The summed E-state index contributed by atoms with van der Waals surface area (Å²) in [5, 5.41) is 8.74. The summed E-state index contributed by atoms with van der Waals surface area (Å²) in [6.45, 7) is 3.47. The summed E-state index contributed by atoms with van der Waals surface area (Å²) in [6, 6.07) is 2.71. The van der Waals surface area contributed by atoms with Crippen LogP contribution < -0.4 is 10.5 Å². The van der Waals surface area contributed by atoms with Crippen molar-refractivity contribution in [2.24, 2.45) is 0 Å². The van der Waals surface area contributed by atoms with Crippen molar-refractivity contribution < 1.29 is 0 Å². The predicted octanol–water partition coefficient (Wildman–Crippen LogP) is 0.343. The Hall–Kier alpha value is -2.28. The molecular weight excluding hydrogens is 304 g/mol. The summed E-state index contributed by atoms with van der Waals surface area (Å²) in [4.78, 5) is 20.1. The van der Waals surface area contributed by atoms with Crippen molar-refractivity contribution in [1.29, 1.82) is 0 Å². The SMILES string of the molecule is CN(CCn1ccncc1=O)C1CN(c2cc3c(nn2)CCC3)C1. The Morgan fingerprint density at radius 3 is 3.00 bits per heavy atom. The van der Waals surface area contributed by atoms with Crippen LogP contribution in [0.15, 0.2) is 29.5 Å². The Morgan fingerprint density at radius 1 is 1.29 bits per heavy atom. The molecule has 126 valence electrons. The zero-order chi connectivity index (χ0) is 16.5. The van der Waals surface area contributed by atoms with Gasteiger partial charge in [0.2, 0.25) is 0 Å². The number of anilines is 1. The fourth-order valence-electron chi connectivity index (χ4n) is 3.40. The molecule has 0 atom stereocenters. The highest BCUT2D eigenvalue weighted by atomic mass is 16.1. The molecule has 2 aromatic heterocycles. The van der Waals surface area contributed by atoms with Gasteiger partial charge in [-0.25, -0.2) is 0 Å². The molecule has 2 aromatic rings. The largest absolute Gasteiger partial charge is 0.352 e. The monoisotopic (exact) mass is 326 g/mol. The number of hydrogen-bond donors (Lipinski definition) is 0. The number of hydrogen-bond acceptors (Lipinski definition) is 6. The van der Waals surface area contributed by atoms with Crippen LogP contribution in [-0.2, 0) is 19.4 Å². The minimum absolute atomic E-state index is 0.0467. The average molecular weight is 326 g/mol. The van der Waals surface area contributed by atoms with E-state index in [1.54, 1.807) is 17.0 Å². The van der Waals surface area contributed by atoms with Gasteiger partial charge >= 0.3 is 0 Å². The van der Waals surface area contributed by atoms with E-state index in [9.17, 15) is 4.79 Å². The van der Waals surface area contributed by atoms with Crippen molar-refractivity contribution in [1.82, 2.24) is 24.6 Å². The quantitative estimate of drug-likeness (QED) is 0.789. The molecule has 3 heterocycles. The van der Waals surface area contributed by atoms with Crippen molar-refractivity contribution in [3.8, 4) is 0 Å². The Morgan fingerprint density at radius 2 is 2.17 bits per heavy atom. The zero-order valence-electron chi connectivity index (χ0n) is 13.9. The summed E-state index contributed by atoms with van der Waals surface area (Å²) in [5.74, 6) is 1.01. The van der Waals surface area contributed by atoms with Crippen LogP contribution in [0.3, 0.4) is 0 Å². The number of fused-ring (bicyclic) bond motifs is 1. The molecule has 0 N–H and O–H groups in total. The summed E-state index contributed by atoms with van der Waals surface area (Å²) in [7, 11) is 2.11. The van der Waals surface area contributed by atoms with Crippen molar-refractivity contribution in [2.75, 3.05) is 31.6 Å². The van der Waals surface area contributed by atoms with E-state index in [1.807, 2.05) is 0 Å². The van der Waals surface area contributed by atoms with E-state index in [4.69, 9.17) is 0 Å². The number of aromatic nitrogens is 4. The molecule has 2 aliphatic rings. The third-order valence-electron chi connectivity index (χ3n) is 5.11. The van der Waals surface area contributed by atoms with Crippen molar-refractivity contribution in [3.05, 3.63) is 46.3 Å². The molecule has 1 aliphatic heterocycles. The van der Waals surface area contributed by atoms with Crippen molar-refractivity contribution in [3.63, 3.8) is 0 Å². The molecule has 0 radical (unpaired) electrons. The molecule has 4 rings (SSSR count). The fourth-order valence-corrected chi connectivity index (χ4v) is 3.40. The van der Waals surface area contributed by atoms with Gasteiger partial charge in [-0.1, -0.05) is 0 Å². The first-order valence-corrected chi connectivity index (χ1v) is 8.52. The molecule has 24 heavy (non-hydrogen) atoms. The van der Waals surface area contributed by atoms with Gasteiger partial charge in [0.15, 0.2) is 5.82 Å². The first kappa shape index (κ1) is 15.3. The standard InChI is InChI=1S/C17H22N6O/c1-21(7-8-22-6-5-18-10-17(22)24)14-11-23(12-14)16-9-13-3-2-4-15(13)19-20-16/h5-6,9-10,14H,2-4,7-8,11-12H2,1H3. The topological polar surface area (TPSA) is 67.2 Å². The lowest BCUT2D eigenvalue weighted by Crippen LogP contribution is -2.59. The molecule has 7 heteroatoms. The van der Waals surface area contributed by atoms with E-state index in [0.29, 0.717) is 12.6 Å². The van der Waals surface area contributed by atoms with Gasteiger partial charge in [0.1, 0.15) is 0 Å². The summed E-state index contributed by atoms with van der Waals surface area (Å²) >= 11 is 0. The van der Waals surface area contributed by atoms with Gasteiger partial charge in [-0.15, -0.1) is 5.10 Å². The molecule has 0 bridgehead atoms. The lowest BCUT2D eigenvalue weighted by molar-refractivity contribution is 0.197. The minimum atomic E-state index is -0.0467. The molecule has 0 aromatic carbocycles. The lowest BCUT2D eigenvalue weighted by Gasteiger charge is -2.44. The second kappa shape index (κ2) is 6.32. The van der Waals surface area contributed by atoms with Gasteiger partial charge in [-0.3, -0.25) is 14.7 Å². The van der Waals surface area contributed by atoms with E-state index in [1.165, 1.54) is 23.9 Å². The summed E-state index contributed by atoms with van der Waals surface area (Å²) < 4.78 is 1.70. The maximum Gasteiger partial charge on any atom is 0.269 e. The first-order chi connectivity index (χ1) is 11.7. The summed E-state index contributed by atoms with van der Waals surface area (Å²) in [6.07, 6.45) is 8.16. The van der Waals surface area contributed by atoms with Gasteiger partial charge in [0, 0.05) is 44.6 Å². The third-order valence-corrected chi connectivity index (χ3v) is 5.11. The molecule has 1 aliphatic carbocycles. The number of likely N-dealkylation sites (N-methyl/N-ethyl adjacent to an activating group) is 1. The van der Waals surface area contributed by atoms with Crippen LogP contribution in [0.1, 0.15) is 17.7 Å². The molecule has 0 unspecified atom stereocenters. The zero-order valence-corrected chi connectivity index (χ0v) is 13.9. The second-order valence-corrected chi connectivity index (χ2v) is 6.68. The molecule has 0 spiro atoms. The molecular formula is C17H22N6O. The molecule has 1 saturated heterocycles. The van der Waals surface area contributed by atoms with Gasteiger partial charge in [-0.05, 0) is 37.9 Å². The smallest absolute Gasteiger partial charge is 0.269 e. The van der Waals surface area contributed by atoms with Crippen LogP contribution in [0.2, 0.25) is 0 Å². The van der Waals surface area contributed by atoms with E-state index in [2.05, 4.69) is 38.1 Å². The van der Waals surface area contributed by atoms with Gasteiger partial charge in [-0.2, -0.15) is 5.10 Å². The number of nitrogens with zero attached hydrogens (tertiary/aromatic N) is 6. The van der Waals surface area contributed by atoms with E-state index in [-0.39, 0.29) is 5.56 Å². The summed E-state index contributed by atoms with van der Waals surface area (Å²) in [5.41, 5.74) is 2.50. The highest BCUT2D eigenvalue weighted by Crippen LogP contribution is 2.26. The normalized spacial score (nSPS) is 17.2. The predicted molar refractivity (Wildman–Crippen MR) is 91.2 cm³/mol. The van der Waals surface area contributed by atoms with Gasteiger partial charge in [0.05, 0.1) is 11.9 Å². The highest BCUT2D eigenvalue weighted by Gasteiger charge is 2.31. The maximum absolute atomic E-state index is 11.7. The number of aryl methyl sites for hydroxylation is 2. The van der Waals surface area contributed by atoms with Crippen LogP contribution in [0.25, 0.3) is 0 Å². The van der Waals surface area contributed by atoms with Crippen LogP contribution in [0, 0.1) is 0 Å². The Labute approximate surface area is 140 Å². The molecule has 0 saturated carbocycles. The average Bonchev–Trinajstić information content (AvgIpc) is 3.00. The van der Waals surface area contributed by atoms with Crippen LogP contribution in [0.5, 0.6) is 0 Å². The van der Waals surface area contributed by atoms with Crippen molar-refractivity contribution in [2.45, 2.75) is 31.8 Å². The first-order valence-electron chi connectivity index (χ1n) is 8.52. The highest BCUT2D eigenvalue weighted by molar-refractivity contribution is 5.45. The number of rotatable bonds is 5. The molecule has 1 fully saturated rings. The van der Waals surface area contributed by atoms with E-state index in [0.717, 1.165) is 38.3 Å². The Bertz CT molecular complexity index is 783.